The van der Waals surface area contributed by atoms with Crippen molar-refractivity contribution in [1.29, 1.82) is 0 Å². The highest BCUT2D eigenvalue weighted by Gasteiger charge is 2.17. The van der Waals surface area contributed by atoms with Crippen LogP contribution in [0.3, 0.4) is 0 Å². The fourth-order valence-corrected chi connectivity index (χ4v) is 3.86. The normalized spacial score (nSPS) is 13.9. The molecule has 1 aliphatic carbocycles. The van der Waals surface area contributed by atoms with Crippen molar-refractivity contribution in [1.82, 2.24) is 9.88 Å². The van der Waals surface area contributed by atoms with Gasteiger partial charge in [-0.1, -0.05) is 57.7 Å². The smallest absolute Gasteiger partial charge is 0.123 e. The molecule has 1 aromatic carbocycles. The van der Waals surface area contributed by atoms with Crippen LogP contribution in [0.5, 0.6) is 0 Å². The standard InChI is InChI=1S/C25H33FN2/c1-3-16-28(17-5-4-7-21-8-6-9-21)20(2)23-12-15-25(27-19-23)18-22-10-13-24(26)14-11-22/h10-15,19,21H,2-9,16-18H2,1H3. The first-order chi connectivity index (χ1) is 13.7. The number of rotatable bonds is 11. The molecule has 1 heterocycles. The topological polar surface area (TPSA) is 16.1 Å². The Morgan fingerprint density at radius 1 is 1.11 bits per heavy atom. The quantitative estimate of drug-likeness (QED) is 0.416. The molecule has 2 nitrogen and oxygen atoms in total. The third-order valence-corrected chi connectivity index (χ3v) is 5.85. The van der Waals surface area contributed by atoms with E-state index in [1.54, 1.807) is 0 Å². The van der Waals surface area contributed by atoms with Gasteiger partial charge in [0.15, 0.2) is 0 Å². The summed E-state index contributed by atoms with van der Waals surface area (Å²) in [6, 6.07) is 10.8. The molecule has 0 amide bonds. The van der Waals surface area contributed by atoms with Crippen LogP contribution in [0.25, 0.3) is 5.70 Å². The van der Waals surface area contributed by atoms with Gasteiger partial charge >= 0.3 is 0 Å². The van der Waals surface area contributed by atoms with Crippen LogP contribution < -0.4 is 0 Å². The third kappa shape index (κ3) is 5.92. The maximum Gasteiger partial charge on any atom is 0.123 e. The molecule has 1 aromatic heterocycles. The molecule has 1 saturated carbocycles. The highest BCUT2D eigenvalue weighted by atomic mass is 19.1. The van der Waals surface area contributed by atoms with Crippen LogP contribution in [-0.4, -0.2) is 23.0 Å². The van der Waals surface area contributed by atoms with Gasteiger partial charge in [0.1, 0.15) is 5.82 Å². The lowest BCUT2D eigenvalue weighted by molar-refractivity contribution is 0.280. The van der Waals surface area contributed by atoms with Gasteiger partial charge in [-0.15, -0.1) is 0 Å². The largest absolute Gasteiger partial charge is 0.371 e. The van der Waals surface area contributed by atoms with E-state index < -0.39 is 0 Å². The van der Waals surface area contributed by atoms with Crippen molar-refractivity contribution in [3.05, 3.63) is 71.8 Å². The molecule has 0 radical (unpaired) electrons. The number of benzene rings is 1. The Morgan fingerprint density at radius 3 is 2.50 bits per heavy atom. The van der Waals surface area contributed by atoms with E-state index in [0.29, 0.717) is 6.42 Å². The molecule has 0 bridgehead atoms. The van der Waals surface area contributed by atoms with Gasteiger partial charge in [-0.05, 0) is 48.6 Å². The number of hydrogen-bond acceptors (Lipinski definition) is 2. The summed E-state index contributed by atoms with van der Waals surface area (Å²) in [5, 5.41) is 0. The fourth-order valence-electron chi connectivity index (χ4n) is 3.86. The molecule has 2 aromatic rings. The van der Waals surface area contributed by atoms with E-state index in [4.69, 9.17) is 0 Å². The molecular formula is C25H33FN2. The van der Waals surface area contributed by atoms with Crippen LogP contribution in [0.2, 0.25) is 0 Å². The van der Waals surface area contributed by atoms with Gasteiger partial charge in [0.2, 0.25) is 0 Å². The summed E-state index contributed by atoms with van der Waals surface area (Å²) < 4.78 is 13.0. The second-order valence-electron chi connectivity index (χ2n) is 8.07. The Labute approximate surface area is 169 Å². The minimum atomic E-state index is -0.202. The molecule has 0 saturated heterocycles. The van der Waals surface area contributed by atoms with E-state index in [9.17, 15) is 4.39 Å². The van der Waals surface area contributed by atoms with Crippen LogP contribution in [0.1, 0.15) is 68.7 Å². The van der Waals surface area contributed by atoms with E-state index in [-0.39, 0.29) is 5.82 Å². The number of unbranched alkanes of at least 4 members (excludes halogenated alkanes) is 1. The Hall–Kier alpha value is -2.16. The van der Waals surface area contributed by atoms with Crippen LogP contribution in [0.4, 0.5) is 4.39 Å². The first-order valence-electron chi connectivity index (χ1n) is 10.8. The maximum absolute atomic E-state index is 13.0. The van der Waals surface area contributed by atoms with Crippen LogP contribution in [0.15, 0.2) is 49.2 Å². The first kappa shape index (κ1) is 20.6. The Bertz CT molecular complexity index is 732. The Morgan fingerprint density at radius 2 is 1.89 bits per heavy atom. The molecule has 0 aliphatic heterocycles. The minimum absolute atomic E-state index is 0.202. The molecule has 1 aliphatic rings. The molecule has 28 heavy (non-hydrogen) atoms. The lowest BCUT2D eigenvalue weighted by Crippen LogP contribution is -2.24. The van der Waals surface area contributed by atoms with Crippen molar-refractivity contribution in [2.75, 3.05) is 13.1 Å². The summed E-state index contributed by atoms with van der Waals surface area (Å²) in [5.41, 5.74) is 4.23. The summed E-state index contributed by atoms with van der Waals surface area (Å²) in [6.45, 7) is 8.69. The summed E-state index contributed by atoms with van der Waals surface area (Å²) >= 11 is 0. The molecule has 0 N–H and O–H groups in total. The Balaban J connectivity index is 1.53. The van der Waals surface area contributed by atoms with Gasteiger partial charge in [0, 0.05) is 42.7 Å². The zero-order chi connectivity index (χ0) is 19.8. The molecule has 1 fully saturated rings. The van der Waals surface area contributed by atoms with Gasteiger partial charge < -0.3 is 4.90 Å². The first-order valence-corrected chi connectivity index (χ1v) is 10.8. The highest BCUT2D eigenvalue weighted by molar-refractivity contribution is 5.61. The van der Waals surface area contributed by atoms with Crippen molar-refractivity contribution < 1.29 is 4.39 Å². The van der Waals surface area contributed by atoms with E-state index >= 15 is 0 Å². The fraction of sp³-hybridized carbons (Fsp3) is 0.480. The van der Waals surface area contributed by atoms with Gasteiger partial charge in [0.05, 0.1) is 0 Å². The zero-order valence-electron chi connectivity index (χ0n) is 17.2. The van der Waals surface area contributed by atoms with Crippen molar-refractivity contribution in [2.24, 2.45) is 5.92 Å². The number of aromatic nitrogens is 1. The van der Waals surface area contributed by atoms with Crippen molar-refractivity contribution >= 4 is 5.70 Å². The predicted octanol–water partition coefficient (Wildman–Crippen LogP) is 6.46. The molecular weight excluding hydrogens is 347 g/mol. The zero-order valence-corrected chi connectivity index (χ0v) is 17.2. The van der Waals surface area contributed by atoms with Crippen molar-refractivity contribution in [2.45, 2.75) is 58.3 Å². The summed E-state index contributed by atoms with van der Waals surface area (Å²) in [6.07, 6.45) is 12.1. The second-order valence-corrected chi connectivity index (χ2v) is 8.07. The van der Waals surface area contributed by atoms with Crippen molar-refractivity contribution in [3.8, 4) is 0 Å². The number of pyridine rings is 1. The van der Waals surface area contributed by atoms with Gasteiger partial charge in [-0.25, -0.2) is 4.39 Å². The van der Waals surface area contributed by atoms with E-state index in [1.807, 2.05) is 18.3 Å². The number of hydrogen-bond donors (Lipinski definition) is 0. The Kier molecular flexibility index (Phi) is 7.64. The van der Waals surface area contributed by atoms with Crippen LogP contribution >= 0.6 is 0 Å². The summed E-state index contributed by atoms with van der Waals surface area (Å²) in [4.78, 5) is 7.03. The van der Waals surface area contributed by atoms with Crippen LogP contribution in [-0.2, 0) is 6.42 Å². The van der Waals surface area contributed by atoms with E-state index in [1.165, 1.54) is 50.7 Å². The molecule has 3 rings (SSSR count). The van der Waals surface area contributed by atoms with Gasteiger partial charge in [-0.3, -0.25) is 4.98 Å². The number of nitrogens with zero attached hydrogens (tertiary/aromatic N) is 2. The predicted molar refractivity (Wildman–Crippen MR) is 116 cm³/mol. The maximum atomic E-state index is 13.0. The molecule has 0 atom stereocenters. The lowest BCUT2D eigenvalue weighted by Gasteiger charge is -2.28. The SMILES string of the molecule is C=C(c1ccc(Cc2ccc(F)cc2)nc1)N(CCC)CCCCC1CCC1. The lowest BCUT2D eigenvalue weighted by atomic mass is 9.82. The van der Waals surface area contributed by atoms with E-state index in [2.05, 4.69) is 35.5 Å². The van der Waals surface area contributed by atoms with Gasteiger partial charge in [-0.2, -0.15) is 0 Å². The summed E-state index contributed by atoms with van der Waals surface area (Å²) in [5.74, 6) is 0.799. The molecule has 0 unspecified atom stereocenters. The average molecular weight is 381 g/mol. The van der Waals surface area contributed by atoms with Gasteiger partial charge in [0.25, 0.3) is 0 Å². The van der Waals surface area contributed by atoms with E-state index in [0.717, 1.165) is 47.9 Å². The third-order valence-electron chi connectivity index (χ3n) is 5.85. The monoisotopic (exact) mass is 380 g/mol. The summed E-state index contributed by atoms with van der Waals surface area (Å²) in [7, 11) is 0. The highest BCUT2D eigenvalue weighted by Crippen LogP contribution is 2.31. The molecule has 0 spiro atoms. The van der Waals surface area contributed by atoms with Crippen molar-refractivity contribution in [3.63, 3.8) is 0 Å². The van der Waals surface area contributed by atoms with Crippen LogP contribution in [0, 0.1) is 11.7 Å². The second kappa shape index (κ2) is 10.4. The molecule has 3 heteroatoms. The average Bonchev–Trinajstić information content (AvgIpc) is 2.67. The minimum Gasteiger partial charge on any atom is -0.371 e. The number of halogens is 1. The molecule has 150 valence electrons.